The van der Waals surface area contributed by atoms with E-state index in [0.717, 1.165) is 19.6 Å². The van der Waals surface area contributed by atoms with Gasteiger partial charge in [0.15, 0.2) is 0 Å². The smallest absolute Gasteiger partial charge is 0.0843 e. The van der Waals surface area contributed by atoms with Gasteiger partial charge in [-0.15, -0.1) is 0 Å². The Balaban J connectivity index is 1.99. The first-order valence-corrected chi connectivity index (χ1v) is 3.69. The van der Waals surface area contributed by atoms with Crippen molar-refractivity contribution in [3.05, 3.63) is 0 Å². The van der Waals surface area contributed by atoms with Gasteiger partial charge in [-0.1, -0.05) is 6.92 Å². The highest BCUT2D eigenvalue weighted by Crippen LogP contribution is 2.05. The lowest BCUT2D eigenvalue weighted by atomic mass is 10.1. The van der Waals surface area contributed by atoms with E-state index in [1.807, 2.05) is 0 Å². The van der Waals surface area contributed by atoms with Crippen LogP contribution in [-0.4, -0.2) is 37.1 Å². The normalized spacial score (nSPS) is 20.0. The van der Waals surface area contributed by atoms with Gasteiger partial charge < -0.3 is 4.90 Å². The van der Waals surface area contributed by atoms with Crippen molar-refractivity contribution in [1.29, 1.82) is 5.26 Å². The molecule has 1 aliphatic rings. The van der Waals surface area contributed by atoms with Gasteiger partial charge in [0.2, 0.25) is 0 Å². The molecule has 10 heavy (non-hydrogen) atoms. The number of nitrogens with zero attached hydrogens (tertiary/aromatic N) is 2. The van der Waals surface area contributed by atoms with Crippen LogP contribution in [-0.2, 0) is 0 Å². The molecular formula is C7H13N3. The fourth-order valence-corrected chi connectivity index (χ4v) is 1.15. The van der Waals surface area contributed by atoms with E-state index < -0.39 is 0 Å². The minimum atomic E-state index is 0.488. The van der Waals surface area contributed by atoms with E-state index in [9.17, 15) is 0 Å². The Morgan fingerprint density at radius 1 is 1.70 bits per heavy atom. The Hall–Kier alpha value is -0.590. The third-order valence-corrected chi connectivity index (χ3v) is 1.87. The van der Waals surface area contributed by atoms with Crippen LogP contribution < -0.4 is 5.32 Å². The number of likely N-dealkylation sites (tertiary alicyclic amines) is 1. The zero-order valence-electron chi connectivity index (χ0n) is 6.30. The molecule has 1 heterocycles. The highest BCUT2D eigenvalue weighted by atomic mass is 15.2. The first kappa shape index (κ1) is 7.52. The number of nitriles is 1. The van der Waals surface area contributed by atoms with Crippen molar-refractivity contribution in [2.45, 2.75) is 13.0 Å². The lowest BCUT2D eigenvalue weighted by molar-refractivity contribution is 0.137. The van der Waals surface area contributed by atoms with Crippen molar-refractivity contribution in [3.63, 3.8) is 0 Å². The summed E-state index contributed by atoms with van der Waals surface area (Å²) in [4.78, 5) is 2.34. The van der Waals surface area contributed by atoms with Crippen LogP contribution >= 0.6 is 0 Å². The fourth-order valence-electron chi connectivity index (χ4n) is 1.15. The van der Waals surface area contributed by atoms with Crippen LogP contribution in [0, 0.1) is 11.3 Å². The molecule has 3 heteroatoms. The van der Waals surface area contributed by atoms with Gasteiger partial charge in [0.1, 0.15) is 0 Å². The number of hydrogen-bond acceptors (Lipinski definition) is 3. The highest BCUT2D eigenvalue weighted by Gasteiger charge is 2.23. The summed E-state index contributed by atoms with van der Waals surface area (Å²) < 4.78 is 0. The Bertz CT molecular complexity index is 132. The number of likely N-dealkylation sites (N-methyl/N-ethyl adjacent to an activating group) is 1. The molecule has 0 radical (unpaired) electrons. The second-order valence-electron chi connectivity index (χ2n) is 2.59. The molecule has 0 bridgehead atoms. The highest BCUT2D eigenvalue weighted by molar-refractivity contribution is 4.88. The molecular weight excluding hydrogens is 126 g/mol. The average molecular weight is 139 g/mol. The average Bonchev–Trinajstić information content (AvgIpc) is 1.86. The molecule has 0 unspecified atom stereocenters. The van der Waals surface area contributed by atoms with E-state index in [-0.39, 0.29) is 0 Å². The zero-order valence-corrected chi connectivity index (χ0v) is 6.30. The maximum atomic E-state index is 8.23. The molecule has 1 saturated heterocycles. The topological polar surface area (TPSA) is 39.1 Å². The molecule has 0 aromatic heterocycles. The monoisotopic (exact) mass is 139 g/mol. The van der Waals surface area contributed by atoms with Crippen molar-refractivity contribution < 1.29 is 0 Å². The van der Waals surface area contributed by atoms with Gasteiger partial charge in [-0.05, 0) is 6.54 Å². The summed E-state index contributed by atoms with van der Waals surface area (Å²) in [5, 5.41) is 11.4. The molecule has 1 rings (SSSR count). The van der Waals surface area contributed by atoms with Crippen molar-refractivity contribution >= 4 is 0 Å². The van der Waals surface area contributed by atoms with Gasteiger partial charge in [0.25, 0.3) is 0 Å². The second kappa shape index (κ2) is 3.55. The van der Waals surface area contributed by atoms with Gasteiger partial charge in [-0.3, -0.25) is 5.32 Å². The summed E-state index contributed by atoms with van der Waals surface area (Å²) >= 11 is 0. The summed E-state index contributed by atoms with van der Waals surface area (Å²) in [7, 11) is 0. The minimum Gasteiger partial charge on any atom is -0.300 e. The van der Waals surface area contributed by atoms with Crippen LogP contribution in [0.25, 0.3) is 0 Å². The molecule has 0 aliphatic carbocycles. The molecule has 1 aliphatic heterocycles. The number of nitrogens with one attached hydrogen (secondary N) is 1. The zero-order chi connectivity index (χ0) is 7.40. The fraction of sp³-hybridized carbons (Fsp3) is 0.857. The molecule has 0 aromatic carbocycles. The van der Waals surface area contributed by atoms with Crippen LogP contribution in [0.2, 0.25) is 0 Å². The summed E-state index contributed by atoms with van der Waals surface area (Å²) in [6, 6.07) is 2.64. The molecule has 1 fully saturated rings. The first-order chi connectivity index (χ1) is 4.86. The molecule has 0 amide bonds. The molecule has 0 aromatic rings. The Kier molecular flexibility index (Phi) is 2.67. The Labute approximate surface area is 61.6 Å². The molecule has 0 spiro atoms. The van der Waals surface area contributed by atoms with E-state index >= 15 is 0 Å². The first-order valence-electron chi connectivity index (χ1n) is 3.69. The minimum absolute atomic E-state index is 0.488. The molecule has 3 nitrogen and oxygen atoms in total. The summed E-state index contributed by atoms with van der Waals surface area (Å²) in [6.45, 7) is 5.99. The van der Waals surface area contributed by atoms with Gasteiger partial charge in [-0.2, -0.15) is 5.26 Å². The molecule has 1 N–H and O–H groups in total. The van der Waals surface area contributed by atoms with Crippen molar-refractivity contribution in [3.8, 4) is 6.07 Å². The van der Waals surface area contributed by atoms with E-state index in [1.54, 1.807) is 0 Å². The number of hydrogen-bond donors (Lipinski definition) is 1. The van der Waals surface area contributed by atoms with Gasteiger partial charge >= 0.3 is 0 Å². The molecule has 56 valence electrons. The largest absolute Gasteiger partial charge is 0.300 e. The van der Waals surface area contributed by atoms with Crippen molar-refractivity contribution in [2.75, 3.05) is 26.2 Å². The van der Waals surface area contributed by atoms with E-state index in [1.165, 1.54) is 0 Å². The Morgan fingerprint density at radius 2 is 2.40 bits per heavy atom. The van der Waals surface area contributed by atoms with Crippen LogP contribution in [0.3, 0.4) is 0 Å². The molecule has 0 atom stereocenters. The van der Waals surface area contributed by atoms with Crippen LogP contribution in [0.5, 0.6) is 0 Å². The summed E-state index contributed by atoms with van der Waals surface area (Å²) in [5.74, 6) is 0. The number of rotatable bonds is 3. The van der Waals surface area contributed by atoms with Crippen molar-refractivity contribution in [2.24, 2.45) is 0 Å². The summed E-state index contributed by atoms with van der Waals surface area (Å²) in [5.41, 5.74) is 0. The lowest BCUT2D eigenvalue weighted by Crippen LogP contribution is -2.57. The SMILES string of the molecule is CCN1CC(NCC#N)C1. The standard InChI is InChI=1S/C7H13N3/c1-2-10-5-7(6-10)9-4-3-8/h7,9H,2,4-6H2,1H3. The maximum Gasteiger partial charge on any atom is 0.0843 e. The predicted octanol–water partition coefficient (Wildman–Crippen LogP) is -0.196. The van der Waals surface area contributed by atoms with Gasteiger partial charge in [0.05, 0.1) is 12.6 Å². The van der Waals surface area contributed by atoms with Gasteiger partial charge in [-0.25, -0.2) is 0 Å². The third-order valence-electron chi connectivity index (χ3n) is 1.87. The summed E-state index contributed by atoms with van der Waals surface area (Å²) in [6.07, 6.45) is 0. The predicted molar refractivity (Wildman–Crippen MR) is 39.5 cm³/mol. The van der Waals surface area contributed by atoms with Crippen molar-refractivity contribution in [1.82, 2.24) is 10.2 Å². The quantitative estimate of drug-likeness (QED) is 0.550. The van der Waals surface area contributed by atoms with Crippen LogP contribution in [0.1, 0.15) is 6.92 Å². The lowest BCUT2D eigenvalue weighted by Gasteiger charge is -2.38. The maximum absolute atomic E-state index is 8.23. The Morgan fingerprint density at radius 3 is 2.90 bits per heavy atom. The van der Waals surface area contributed by atoms with Crippen LogP contribution in [0.15, 0.2) is 0 Å². The van der Waals surface area contributed by atoms with E-state index in [0.29, 0.717) is 12.6 Å². The third kappa shape index (κ3) is 1.69. The molecule has 0 saturated carbocycles. The van der Waals surface area contributed by atoms with Gasteiger partial charge in [0, 0.05) is 19.1 Å². The second-order valence-corrected chi connectivity index (χ2v) is 2.59. The van der Waals surface area contributed by atoms with E-state index in [4.69, 9.17) is 5.26 Å². The van der Waals surface area contributed by atoms with Crippen LogP contribution in [0.4, 0.5) is 0 Å². The van der Waals surface area contributed by atoms with E-state index in [2.05, 4.69) is 23.2 Å².